The number of anilines is 2. The van der Waals surface area contributed by atoms with Crippen LogP contribution in [0.4, 0.5) is 16.0 Å². The van der Waals surface area contributed by atoms with Crippen LogP contribution in [-0.2, 0) is 0 Å². The van der Waals surface area contributed by atoms with Gasteiger partial charge in [0.1, 0.15) is 17.0 Å². The summed E-state index contributed by atoms with van der Waals surface area (Å²) < 4.78 is 15.2. The maximum absolute atomic E-state index is 13.7. The third-order valence-corrected chi connectivity index (χ3v) is 3.44. The fourth-order valence-electron chi connectivity index (χ4n) is 2.36. The summed E-state index contributed by atoms with van der Waals surface area (Å²) >= 11 is 0. The average molecular weight is 314 g/mol. The van der Waals surface area contributed by atoms with Crippen molar-refractivity contribution in [3.8, 4) is 11.3 Å². The molecule has 4 N–H and O–H groups in total. The molecule has 3 aromatic rings. The zero-order chi connectivity index (χ0) is 16.7. The van der Waals surface area contributed by atoms with Crippen LogP contribution in [0, 0.1) is 5.82 Å². The maximum atomic E-state index is 13.7. The summed E-state index contributed by atoms with van der Waals surface area (Å²) in [7, 11) is 0. The number of nitrogens with two attached hydrogens (primary N) is 2. The zero-order valence-electron chi connectivity index (χ0n) is 12.6. The zero-order valence-corrected chi connectivity index (χ0v) is 12.6. The number of aromatic nitrogens is 4. The van der Waals surface area contributed by atoms with Crippen LogP contribution in [0.5, 0.6) is 0 Å². The van der Waals surface area contributed by atoms with Gasteiger partial charge >= 0.3 is 0 Å². The lowest BCUT2D eigenvalue weighted by atomic mass is 10.1. The Morgan fingerprint density at radius 1 is 1.22 bits per heavy atom. The molecule has 7 nitrogen and oxygen atoms in total. The van der Waals surface area contributed by atoms with E-state index in [0.29, 0.717) is 16.7 Å². The van der Waals surface area contributed by atoms with Crippen molar-refractivity contribution >= 4 is 22.8 Å². The monoisotopic (exact) mass is 314 g/mol. The number of fused-ring (bicyclic) bond motifs is 1. The lowest BCUT2D eigenvalue weighted by molar-refractivity contribution is 0.593. The van der Waals surface area contributed by atoms with Gasteiger partial charge in [-0.1, -0.05) is 6.07 Å². The molecule has 2 aromatic heterocycles. The first-order chi connectivity index (χ1) is 10.9. The Morgan fingerprint density at radius 2 is 1.96 bits per heavy atom. The highest BCUT2D eigenvalue weighted by molar-refractivity contribution is 5.75. The van der Waals surface area contributed by atoms with Crippen molar-refractivity contribution in [3.63, 3.8) is 0 Å². The Kier molecular flexibility index (Phi) is 3.44. The highest BCUT2D eigenvalue weighted by Gasteiger charge is 2.17. The van der Waals surface area contributed by atoms with E-state index in [2.05, 4.69) is 15.0 Å². The molecule has 2 heterocycles. The van der Waals surface area contributed by atoms with E-state index in [4.69, 9.17) is 11.5 Å². The first-order valence-electron chi connectivity index (χ1n) is 6.98. The summed E-state index contributed by atoms with van der Waals surface area (Å²) in [6.07, 6.45) is 1.44. The van der Waals surface area contributed by atoms with Crippen molar-refractivity contribution < 1.29 is 4.39 Å². The SMILES string of the molecule is CC(C)n1c(=O)c(-c2ccc(N)c(F)c2)nc2cnc(N)nc21. The van der Waals surface area contributed by atoms with E-state index < -0.39 is 5.82 Å². The smallest absolute Gasteiger partial charge is 0.278 e. The molecular weight excluding hydrogens is 299 g/mol. The second-order valence-corrected chi connectivity index (χ2v) is 5.40. The highest BCUT2D eigenvalue weighted by Crippen LogP contribution is 2.22. The molecule has 0 bridgehead atoms. The number of nitrogen functional groups attached to an aromatic ring is 2. The van der Waals surface area contributed by atoms with Crippen LogP contribution in [0.2, 0.25) is 0 Å². The summed E-state index contributed by atoms with van der Waals surface area (Å²) in [6, 6.07) is 3.96. The summed E-state index contributed by atoms with van der Waals surface area (Å²) in [6.45, 7) is 3.68. The molecule has 0 aliphatic heterocycles. The average Bonchev–Trinajstić information content (AvgIpc) is 2.49. The molecular formula is C15H15FN6O. The molecule has 0 atom stereocenters. The van der Waals surface area contributed by atoms with Gasteiger partial charge in [0.15, 0.2) is 5.65 Å². The second kappa shape index (κ2) is 5.31. The standard InChI is InChI=1S/C15H15FN6O/c1-7(2)22-13-11(6-19-15(18)21-13)20-12(14(22)23)8-3-4-10(17)9(16)5-8/h3-7H,17H2,1-2H3,(H2,18,19,21). The minimum Gasteiger partial charge on any atom is -0.396 e. The largest absolute Gasteiger partial charge is 0.396 e. The normalized spacial score (nSPS) is 11.3. The molecule has 1 aromatic carbocycles. The van der Waals surface area contributed by atoms with E-state index in [-0.39, 0.29) is 28.9 Å². The Morgan fingerprint density at radius 3 is 2.61 bits per heavy atom. The molecule has 0 aliphatic rings. The van der Waals surface area contributed by atoms with Gasteiger partial charge in [-0.3, -0.25) is 9.36 Å². The number of rotatable bonds is 2. The minimum absolute atomic E-state index is 0.00910. The first kappa shape index (κ1) is 14.9. The molecule has 8 heteroatoms. The van der Waals surface area contributed by atoms with Gasteiger partial charge < -0.3 is 11.5 Å². The lowest BCUT2D eigenvalue weighted by Gasteiger charge is -2.14. The van der Waals surface area contributed by atoms with Crippen molar-refractivity contribution in [1.29, 1.82) is 0 Å². The van der Waals surface area contributed by atoms with Crippen LogP contribution in [0.15, 0.2) is 29.2 Å². The predicted molar refractivity (Wildman–Crippen MR) is 86.2 cm³/mol. The van der Waals surface area contributed by atoms with Gasteiger partial charge in [-0.25, -0.2) is 14.4 Å². The Hall–Kier alpha value is -3.03. The fraction of sp³-hybridized carbons (Fsp3) is 0.200. The third kappa shape index (κ3) is 2.48. The van der Waals surface area contributed by atoms with Gasteiger partial charge in [0.25, 0.3) is 5.56 Å². The molecule has 23 heavy (non-hydrogen) atoms. The van der Waals surface area contributed by atoms with Crippen molar-refractivity contribution in [3.05, 3.63) is 40.6 Å². The molecule has 0 saturated carbocycles. The number of hydrogen-bond acceptors (Lipinski definition) is 6. The molecule has 3 rings (SSSR count). The molecule has 0 radical (unpaired) electrons. The van der Waals surface area contributed by atoms with Crippen molar-refractivity contribution in [2.24, 2.45) is 0 Å². The molecule has 0 spiro atoms. The van der Waals surface area contributed by atoms with Gasteiger partial charge in [0.05, 0.1) is 11.9 Å². The van der Waals surface area contributed by atoms with Crippen molar-refractivity contribution in [1.82, 2.24) is 19.5 Å². The summed E-state index contributed by atoms with van der Waals surface area (Å²) in [5.74, 6) is -0.548. The van der Waals surface area contributed by atoms with Crippen molar-refractivity contribution in [2.45, 2.75) is 19.9 Å². The quantitative estimate of drug-likeness (QED) is 0.697. The minimum atomic E-state index is -0.603. The Labute approximate surface area is 130 Å². The van der Waals surface area contributed by atoms with Crippen LogP contribution >= 0.6 is 0 Å². The molecule has 0 unspecified atom stereocenters. The lowest BCUT2D eigenvalue weighted by Crippen LogP contribution is -2.26. The highest BCUT2D eigenvalue weighted by atomic mass is 19.1. The number of halogens is 1. The molecule has 0 fully saturated rings. The molecule has 0 amide bonds. The van der Waals surface area contributed by atoms with Crippen LogP contribution in [-0.4, -0.2) is 19.5 Å². The van der Waals surface area contributed by atoms with E-state index in [0.717, 1.165) is 0 Å². The molecule has 0 saturated heterocycles. The fourth-order valence-corrected chi connectivity index (χ4v) is 2.36. The predicted octanol–water partition coefficient (Wildman–Crippen LogP) is 1.74. The third-order valence-electron chi connectivity index (χ3n) is 3.44. The molecule has 118 valence electrons. The van der Waals surface area contributed by atoms with E-state index >= 15 is 0 Å². The van der Waals surface area contributed by atoms with Crippen LogP contribution in [0.3, 0.4) is 0 Å². The Bertz CT molecular complexity index is 966. The Balaban J connectivity index is 2.38. The van der Waals surface area contributed by atoms with Gasteiger partial charge in [0, 0.05) is 11.6 Å². The number of benzene rings is 1. The maximum Gasteiger partial charge on any atom is 0.278 e. The van der Waals surface area contributed by atoms with Gasteiger partial charge in [-0.2, -0.15) is 4.98 Å². The van der Waals surface area contributed by atoms with E-state index in [1.807, 2.05) is 13.8 Å². The van der Waals surface area contributed by atoms with Gasteiger partial charge in [-0.05, 0) is 26.0 Å². The van der Waals surface area contributed by atoms with Gasteiger partial charge in [-0.15, -0.1) is 0 Å². The van der Waals surface area contributed by atoms with Crippen LogP contribution in [0.25, 0.3) is 22.4 Å². The first-order valence-corrected chi connectivity index (χ1v) is 6.98. The summed E-state index contributed by atoms with van der Waals surface area (Å²) in [4.78, 5) is 25.1. The van der Waals surface area contributed by atoms with Crippen molar-refractivity contribution in [2.75, 3.05) is 11.5 Å². The number of hydrogen-bond donors (Lipinski definition) is 2. The van der Waals surface area contributed by atoms with Gasteiger partial charge in [0.2, 0.25) is 5.95 Å². The topological polar surface area (TPSA) is 113 Å². The van der Waals surface area contributed by atoms with E-state index in [1.165, 1.54) is 22.9 Å². The second-order valence-electron chi connectivity index (χ2n) is 5.40. The number of nitrogens with zero attached hydrogens (tertiary/aromatic N) is 4. The summed E-state index contributed by atoms with van der Waals surface area (Å²) in [5.41, 5.74) is 11.9. The molecule has 0 aliphatic carbocycles. The summed E-state index contributed by atoms with van der Waals surface area (Å²) in [5, 5.41) is 0. The van der Waals surface area contributed by atoms with Crippen LogP contribution < -0.4 is 17.0 Å². The van der Waals surface area contributed by atoms with E-state index in [9.17, 15) is 9.18 Å². The van der Waals surface area contributed by atoms with E-state index in [1.54, 1.807) is 6.07 Å². The van der Waals surface area contributed by atoms with Crippen LogP contribution in [0.1, 0.15) is 19.9 Å².